The normalized spacial score (nSPS) is 14.5. The Bertz CT molecular complexity index is 1780. The topological polar surface area (TPSA) is 102 Å². The van der Waals surface area contributed by atoms with Gasteiger partial charge in [0.05, 0.1) is 17.1 Å². The second-order valence-corrected chi connectivity index (χ2v) is 11.7. The summed E-state index contributed by atoms with van der Waals surface area (Å²) < 4.78 is 42.7. The van der Waals surface area contributed by atoms with Gasteiger partial charge in [0.1, 0.15) is 12.1 Å². The van der Waals surface area contributed by atoms with Crippen LogP contribution in [0.3, 0.4) is 0 Å². The van der Waals surface area contributed by atoms with Gasteiger partial charge in [-0.2, -0.15) is 4.99 Å². The van der Waals surface area contributed by atoms with E-state index in [1.54, 1.807) is 4.90 Å². The summed E-state index contributed by atoms with van der Waals surface area (Å²) >= 11 is 1.25. The summed E-state index contributed by atoms with van der Waals surface area (Å²) in [6.07, 6.45) is 1.10. The number of hydrogen-bond acceptors (Lipinski definition) is 6. The number of aromatic nitrogens is 3. The minimum atomic E-state index is -4.76. The van der Waals surface area contributed by atoms with Crippen molar-refractivity contribution in [3.63, 3.8) is 0 Å². The van der Waals surface area contributed by atoms with Gasteiger partial charge in [-0.05, 0) is 72.4 Å². The molecule has 0 aliphatic carbocycles. The molecule has 4 aromatic rings. The number of alkyl halides is 3. The number of rotatable bonds is 9. The second kappa shape index (κ2) is 14.0. The number of amidine groups is 1. The van der Waals surface area contributed by atoms with Gasteiger partial charge in [0, 0.05) is 12.1 Å². The maximum atomic E-state index is 12.8. The molecule has 3 aromatic carbocycles. The summed E-state index contributed by atoms with van der Waals surface area (Å²) in [5.74, 6) is 0.438. The van der Waals surface area contributed by atoms with E-state index in [9.17, 15) is 22.8 Å². The van der Waals surface area contributed by atoms with Crippen LogP contribution in [-0.4, -0.2) is 50.5 Å². The summed E-state index contributed by atoms with van der Waals surface area (Å²) in [4.78, 5) is 35.5. The van der Waals surface area contributed by atoms with Crippen molar-refractivity contribution >= 4 is 40.6 Å². The van der Waals surface area contributed by atoms with Gasteiger partial charge in [-0.25, -0.2) is 14.5 Å². The predicted molar refractivity (Wildman–Crippen MR) is 173 cm³/mol. The average Bonchev–Trinajstić information content (AvgIpc) is 3.63. The van der Waals surface area contributed by atoms with Crippen LogP contribution in [-0.2, 0) is 4.79 Å². The summed E-state index contributed by atoms with van der Waals surface area (Å²) in [6, 6.07) is 18.3. The number of halogens is 3. The van der Waals surface area contributed by atoms with Crippen molar-refractivity contribution in [2.45, 2.75) is 39.5 Å². The minimum Gasteiger partial charge on any atom is -0.406 e. The first kappa shape index (κ1) is 32.5. The van der Waals surface area contributed by atoms with Crippen LogP contribution in [0.2, 0.25) is 0 Å². The number of thioether (sulfide) groups is 1. The number of nitrogens with one attached hydrogen (secondary N) is 1. The zero-order chi connectivity index (χ0) is 32.8. The summed E-state index contributed by atoms with van der Waals surface area (Å²) in [7, 11) is 0. The highest BCUT2D eigenvalue weighted by Crippen LogP contribution is 2.34. The van der Waals surface area contributed by atoms with Crippen molar-refractivity contribution in [3.05, 3.63) is 95.8 Å². The molecule has 0 atom stereocenters. The van der Waals surface area contributed by atoms with Gasteiger partial charge in [-0.3, -0.25) is 9.69 Å². The molecular formula is C33H31F3N6O3S. The molecule has 0 bridgehead atoms. The fourth-order valence-electron chi connectivity index (χ4n) is 4.73. The molecule has 13 heteroatoms. The first-order valence-electron chi connectivity index (χ1n) is 14.4. The molecule has 1 aliphatic rings. The van der Waals surface area contributed by atoms with Crippen molar-refractivity contribution < 1.29 is 27.5 Å². The highest BCUT2D eigenvalue weighted by atomic mass is 32.2. The number of anilines is 1. The van der Waals surface area contributed by atoms with Crippen LogP contribution in [0.5, 0.6) is 5.75 Å². The molecule has 1 aliphatic heterocycles. The third-order valence-electron chi connectivity index (χ3n) is 6.88. The molecule has 46 heavy (non-hydrogen) atoms. The molecule has 1 saturated heterocycles. The number of carbonyl (C=O) groups excluding carboxylic acids is 2. The van der Waals surface area contributed by atoms with E-state index in [-0.39, 0.29) is 23.3 Å². The largest absolute Gasteiger partial charge is 0.573 e. The lowest BCUT2D eigenvalue weighted by atomic mass is 9.99. The lowest BCUT2D eigenvalue weighted by molar-refractivity contribution is -0.274. The fourth-order valence-corrected chi connectivity index (χ4v) is 5.59. The average molecular weight is 649 g/mol. The van der Waals surface area contributed by atoms with Crippen molar-refractivity contribution in [1.29, 1.82) is 0 Å². The Hall–Kier alpha value is -4.91. The number of ether oxygens (including phenoxy) is 1. The van der Waals surface area contributed by atoms with Crippen LogP contribution >= 0.6 is 11.8 Å². The molecule has 1 aromatic heterocycles. The Morgan fingerprint density at radius 3 is 2.65 bits per heavy atom. The number of aryl methyl sites for hydroxylation is 1. The highest BCUT2D eigenvalue weighted by Gasteiger charge is 2.33. The quantitative estimate of drug-likeness (QED) is 0.189. The Labute approximate surface area is 268 Å². The van der Waals surface area contributed by atoms with E-state index in [0.29, 0.717) is 29.6 Å². The first-order chi connectivity index (χ1) is 22.0. The number of benzene rings is 3. The summed E-state index contributed by atoms with van der Waals surface area (Å²) in [5.41, 5.74) is 4.97. The number of hydrogen-bond donors (Lipinski definition) is 1. The third-order valence-corrected chi connectivity index (χ3v) is 7.80. The van der Waals surface area contributed by atoms with E-state index >= 15 is 0 Å². The van der Waals surface area contributed by atoms with Crippen LogP contribution in [0.25, 0.3) is 23.2 Å². The second-order valence-electron chi connectivity index (χ2n) is 10.7. The SMILES string of the molecule is Cc1ccc(C(C)C)c(N2C(=O)CSC2=NC(=O)NCC/C=C\c2cccc(-c3ncn(-c4ccc(OC(F)(F)F)cc4)n3)c2)c1. The number of urea groups is 1. The smallest absolute Gasteiger partial charge is 0.406 e. The standard InChI is InChI=1S/C33H31F3N6O3S/c1-21(2)27-15-10-22(3)17-28(27)42-29(43)19-46-32(42)39-31(44)37-16-5-4-7-23-8-6-9-24(18-23)30-38-20-41(40-30)25-11-13-26(14-12-25)45-33(34,35)36/h4,6-15,17-18,20-21H,5,16,19H2,1-3H3,(H,37,44)/b7-4-,39-32?. The van der Waals surface area contributed by atoms with E-state index in [0.717, 1.165) is 27.9 Å². The van der Waals surface area contributed by atoms with Crippen LogP contribution in [0.1, 0.15) is 42.9 Å². The third kappa shape index (κ3) is 8.21. The first-order valence-corrected chi connectivity index (χ1v) is 15.4. The Morgan fingerprint density at radius 1 is 1.13 bits per heavy atom. The van der Waals surface area contributed by atoms with E-state index in [1.807, 2.05) is 61.5 Å². The molecule has 5 rings (SSSR count). The zero-order valence-corrected chi connectivity index (χ0v) is 26.1. The molecule has 0 saturated carbocycles. The Balaban J connectivity index is 1.16. The van der Waals surface area contributed by atoms with Gasteiger partial charge >= 0.3 is 12.4 Å². The van der Waals surface area contributed by atoms with Crippen LogP contribution in [0.4, 0.5) is 23.7 Å². The van der Waals surface area contributed by atoms with Crippen molar-refractivity contribution in [1.82, 2.24) is 20.1 Å². The lowest BCUT2D eigenvalue weighted by Gasteiger charge is -2.22. The Morgan fingerprint density at radius 2 is 1.91 bits per heavy atom. The number of carbonyl (C=O) groups is 2. The van der Waals surface area contributed by atoms with Crippen LogP contribution in [0.15, 0.2) is 84.1 Å². The van der Waals surface area contributed by atoms with Crippen molar-refractivity contribution in [3.8, 4) is 22.8 Å². The lowest BCUT2D eigenvalue weighted by Crippen LogP contribution is -2.32. The van der Waals surface area contributed by atoms with Crippen molar-refractivity contribution in [2.24, 2.45) is 4.99 Å². The van der Waals surface area contributed by atoms with Crippen molar-refractivity contribution in [2.75, 3.05) is 17.2 Å². The summed E-state index contributed by atoms with van der Waals surface area (Å²) in [6.45, 7) is 6.44. The molecule has 3 amide bonds. The van der Waals surface area contributed by atoms with E-state index in [4.69, 9.17) is 0 Å². The van der Waals surface area contributed by atoms with Crippen LogP contribution < -0.4 is 15.0 Å². The monoisotopic (exact) mass is 648 g/mol. The Kier molecular flexibility index (Phi) is 9.90. The number of amides is 3. The number of aliphatic imine (C=N–C) groups is 1. The highest BCUT2D eigenvalue weighted by molar-refractivity contribution is 8.15. The minimum absolute atomic E-state index is 0.107. The molecule has 0 radical (unpaired) electrons. The van der Waals surface area contributed by atoms with Crippen LogP contribution in [0, 0.1) is 6.92 Å². The number of nitrogens with zero attached hydrogens (tertiary/aromatic N) is 5. The van der Waals surface area contributed by atoms with Gasteiger partial charge < -0.3 is 10.1 Å². The van der Waals surface area contributed by atoms with E-state index in [1.165, 1.54) is 47.0 Å². The molecule has 0 spiro atoms. The molecule has 1 N–H and O–H groups in total. The molecular weight excluding hydrogens is 617 g/mol. The fraction of sp³-hybridized carbons (Fsp3) is 0.242. The van der Waals surface area contributed by atoms with Gasteiger partial charge in [-0.1, -0.05) is 68.1 Å². The molecule has 238 valence electrons. The predicted octanol–water partition coefficient (Wildman–Crippen LogP) is 7.51. The van der Waals surface area contributed by atoms with Gasteiger partial charge in [0.15, 0.2) is 11.0 Å². The summed E-state index contributed by atoms with van der Waals surface area (Å²) in [5, 5.41) is 7.60. The van der Waals surface area contributed by atoms with E-state index < -0.39 is 12.4 Å². The van der Waals surface area contributed by atoms with Gasteiger partial charge in [-0.15, -0.1) is 18.3 Å². The van der Waals surface area contributed by atoms with E-state index in [2.05, 4.69) is 39.0 Å². The zero-order valence-electron chi connectivity index (χ0n) is 25.3. The maximum absolute atomic E-state index is 12.8. The molecule has 2 heterocycles. The molecule has 1 fully saturated rings. The molecule has 0 unspecified atom stereocenters. The maximum Gasteiger partial charge on any atom is 0.573 e. The van der Waals surface area contributed by atoms with Gasteiger partial charge in [0.25, 0.3) is 0 Å². The molecule has 9 nitrogen and oxygen atoms in total. The van der Waals surface area contributed by atoms with Gasteiger partial charge in [0.2, 0.25) is 5.91 Å².